The predicted octanol–water partition coefficient (Wildman–Crippen LogP) is 3.16. The molecule has 0 saturated heterocycles. The van der Waals surface area contributed by atoms with Crippen molar-refractivity contribution >= 4 is 14.6 Å². The lowest BCUT2D eigenvalue weighted by Gasteiger charge is -2.37. The minimum atomic E-state index is -1.81. The highest BCUT2D eigenvalue weighted by Crippen LogP contribution is 2.37. The van der Waals surface area contributed by atoms with E-state index in [1.54, 1.807) is 6.08 Å². The van der Waals surface area contributed by atoms with E-state index in [1.165, 1.54) is 6.08 Å². The Kier molecular flexibility index (Phi) is 5.70. The summed E-state index contributed by atoms with van der Waals surface area (Å²) in [5, 5.41) is 0.149. The molecule has 16 heavy (non-hydrogen) atoms. The molecule has 0 heterocycles. The minimum Gasteiger partial charge on any atom is -0.403 e. The number of rotatable bonds is 5. The van der Waals surface area contributed by atoms with Crippen molar-refractivity contribution in [3.05, 3.63) is 12.2 Å². The fourth-order valence-electron chi connectivity index (χ4n) is 0.940. The predicted molar refractivity (Wildman–Crippen MR) is 70.7 cm³/mol. The first-order valence-corrected chi connectivity index (χ1v) is 8.39. The van der Waals surface area contributed by atoms with Gasteiger partial charge in [-0.1, -0.05) is 32.8 Å². The molecule has 0 aliphatic heterocycles. The number of hydrogen-bond acceptors (Lipinski definition) is 2. The maximum Gasteiger partial charge on any atom is 0.193 e. The van der Waals surface area contributed by atoms with Crippen molar-refractivity contribution in [1.29, 1.82) is 0 Å². The highest BCUT2D eigenvalue weighted by Gasteiger charge is 2.38. The summed E-state index contributed by atoms with van der Waals surface area (Å²) >= 11 is 0. The van der Waals surface area contributed by atoms with E-state index < -0.39 is 8.32 Å². The van der Waals surface area contributed by atoms with Crippen LogP contribution in [0.25, 0.3) is 0 Å². The van der Waals surface area contributed by atoms with Crippen LogP contribution in [0.2, 0.25) is 18.1 Å². The molecule has 0 fully saturated rings. The molecule has 0 N–H and O–H groups in total. The van der Waals surface area contributed by atoms with Crippen LogP contribution in [0, 0.1) is 12.3 Å². The van der Waals surface area contributed by atoms with E-state index in [-0.39, 0.29) is 11.1 Å². The van der Waals surface area contributed by atoms with Gasteiger partial charge in [0.15, 0.2) is 8.32 Å². The molecule has 0 unspecified atom stereocenters. The molecule has 0 aliphatic rings. The average molecular weight is 238 g/mol. The van der Waals surface area contributed by atoms with Crippen molar-refractivity contribution < 1.29 is 9.22 Å². The smallest absolute Gasteiger partial charge is 0.193 e. The van der Waals surface area contributed by atoms with E-state index in [4.69, 9.17) is 10.8 Å². The standard InChI is InChI=1S/C13H22O2Si/c1-7-12(10-8-9-11-14)15-16(5,6)13(2,3)4/h1,8-9,11-12H,10H2,2-6H3/b9-8+/t12-/m1/s1. The molecule has 0 rings (SSSR count). The molecular weight excluding hydrogens is 216 g/mol. The monoisotopic (exact) mass is 238 g/mol. The molecule has 90 valence electrons. The molecule has 0 spiro atoms. The van der Waals surface area contributed by atoms with E-state index in [0.29, 0.717) is 6.42 Å². The second-order valence-corrected chi connectivity index (χ2v) is 10.1. The number of allylic oxidation sites excluding steroid dienone is 1. The lowest BCUT2D eigenvalue weighted by Crippen LogP contribution is -2.43. The second kappa shape index (κ2) is 6.02. The van der Waals surface area contributed by atoms with Crippen molar-refractivity contribution in [3.63, 3.8) is 0 Å². The van der Waals surface area contributed by atoms with Crippen molar-refractivity contribution in [1.82, 2.24) is 0 Å². The first kappa shape index (κ1) is 15.1. The maximum absolute atomic E-state index is 10.1. The zero-order valence-electron chi connectivity index (χ0n) is 10.9. The summed E-state index contributed by atoms with van der Waals surface area (Å²) in [5.74, 6) is 2.63. The molecule has 3 heteroatoms. The van der Waals surface area contributed by atoms with Crippen LogP contribution in [0.3, 0.4) is 0 Å². The highest BCUT2D eigenvalue weighted by atomic mass is 28.4. The van der Waals surface area contributed by atoms with Crippen molar-refractivity contribution in [3.8, 4) is 12.3 Å². The second-order valence-electron chi connectivity index (χ2n) is 5.33. The van der Waals surface area contributed by atoms with Crippen molar-refractivity contribution in [2.24, 2.45) is 0 Å². The lowest BCUT2D eigenvalue weighted by molar-refractivity contribution is -0.104. The zero-order valence-corrected chi connectivity index (χ0v) is 11.9. The van der Waals surface area contributed by atoms with E-state index in [9.17, 15) is 4.79 Å². The first-order valence-electron chi connectivity index (χ1n) is 5.49. The van der Waals surface area contributed by atoms with Gasteiger partial charge in [0.25, 0.3) is 0 Å². The molecule has 2 nitrogen and oxygen atoms in total. The summed E-state index contributed by atoms with van der Waals surface area (Å²) in [6.45, 7) is 10.9. The molecule has 0 aromatic rings. The third-order valence-corrected chi connectivity index (χ3v) is 7.48. The molecule has 1 atom stereocenters. The van der Waals surface area contributed by atoms with Crippen molar-refractivity contribution in [2.45, 2.75) is 51.4 Å². The number of terminal acetylenes is 1. The Labute approximate surface area is 100 Å². The van der Waals surface area contributed by atoms with Crippen molar-refractivity contribution in [2.75, 3.05) is 0 Å². The quantitative estimate of drug-likeness (QED) is 0.318. The molecule has 0 aromatic heterocycles. The van der Waals surface area contributed by atoms with E-state index >= 15 is 0 Å². The summed E-state index contributed by atoms with van der Waals surface area (Å²) in [4.78, 5) is 10.1. The summed E-state index contributed by atoms with van der Waals surface area (Å²) in [7, 11) is -1.81. The summed E-state index contributed by atoms with van der Waals surface area (Å²) in [6, 6.07) is 0. The minimum absolute atomic E-state index is 0.149. The van der Waals surface area contributed by atoms with Gasteiger partial charge >= 0.3 is 0 Å². The molecule has 0 amide bonds. The Morgan fingerprint density at radius 1 is 1.44 bits per heavy atom. The van der Waals surface area contributed by atoms with Gasteiger partial charge in [-0.2, -0.15) is 0 Å². The number of carbonyl (C=O) groups is 1. The Morgan fingerprint density at radius 3 is 2.38 bits per heavy atom. The summed E-state index contributed by atoms with van der Waals surface area (Å²) < 4.78 is 6.03. The normalized spacial score (nSPS) is 14.8. The van der Waals surface area contributed by atoms with Gasteiger partial charge in [0.1, 0.15) is 12.4 Å². The molecule has 0 radical (unpaired) electrons. The van der Waals surface area contributed by atoms with Gasteiger partial charge in [0.05, 0.1) is 0 Å². The van der Waals surface area contributed by atoms with Crippen LogP contribution in [0.15, 0.2) is 12.2 Å². The van der Waals surface area contributed by atoms with Gasteiger partial charge in [0, 0.05) is 6.42 Å². The largest absolute Gasteiger partial charge is 0.403 e. The third kappa shape index (κ3) is 4.78. The molecule has 0 aliphatic carbocycles. The molecular formula is C13H22O2Si. The first-order chi connectivity index (χ1) is 7.24. The third-order valence-electron chi connectivity index (χ3n) is 2.99. The summed E-state index contributed by atoms with van der Waals surface area (Å²) in [6.07, 6.45) is 9.77. The van der Waals surface area contributed by atoms with Crippen LogP contribution in [-0.4, -0.2) is 20.7 Å². The van der Waals surface area contributed by atoms with E-state index in [2.05, 4.69) is 39.8 Å². The molecule has 0 saturated carbocycles. The average Bonchev–Trinajstić information content (AvgIpc) is 2.14. The van der Waals surface area contributed by atoms with E-state index in [1.807, 2.05) is 0 Å². The molecule has 0 bridgehead atoms. The van der Waals surface area contributed by atoms with E-state index in [0.717, 1.165) is 6.29 Å². The van der Waals surface area contributed by atoms with Gasteiger partial charge in [-0.15, -0.1) is 6.42 Å². The Balaban J connectivity index is 4.50. The van der Waals surface area contributed by atoms with Gasteiger partial charge in [-0.05, 0) is 24.2 Å². The zero-order chi connectivity index (χ0) is 12.8. The highest BCUT2D eigenvalue weighted by molar-refractivity contribution is 6.74. The van der Waals surface area contributed by atoms with Crippen LogP contribution in [0.1, 0.15) is 27.2 Å². The van der Waals surface area contributed by atoms with Crippen LogP contribution in [0.5, 0.6) is 0 Å². The number of carbonyl (C=O) groups excluding carboxylic acids is 1. The lowest BCUT2D eigenvalue weighted by atomic mass is 10.2. The fourth-order valence-corrected chi connectivity index (χ4v) is 2.17. The van der Waals surface area contributed by atoms with Gasteiger partial charge < -0.3 is 4.43 Å². The van der Waals surface area contributed by atoms with Crippen LogP contribution in [-0.2, 0) is 9.22 Å². The van der Waals surface area contributed by atoms with Gasteiger partial charge in [-0.3, -0.25) is 4.79 Å². The summed E-state index contributed by atoms with van der Waals surface area (Å²) in [5.41, 5.74) is 0. The SMILES string of the molecule is C#C[C@H](C/C=C/C=O)O[Si](C)(C)C(C)(C)C. The topological polar surface area (TPSA) is 26.3 Å². The fraction of sp³-hybridized carbons (Fsp3) is 0.615. The Morgan fingerprint density at radius 2 is 2.00 bits per heavy atom. The van der Waals surface area contributed by atoms with Gasteiger partial charge in [0.2, 0.25) is 0 Å². The Hall–Kier alpha value is -0.853. The maximum atomic E-state index is 10.1. The Bertz CT molecular complexity index is 292. The number of aldehydes is 1. The number of hydrogen-bond donors (Lipinski definition) is 0. The van der Waals surface area contributed by atoms with Gasteiger partial charge in [-0.25, -0.2) is 0 Å². The van der Waals surface area contributed by atoms with Crippen LogP contribution >= 0.6 is 0 Å². The molecule has 0 aromatic carbocycles. The van der Waals surface area contributed by atoms with Crippen LogP contribution in [0.4, 0.5) is 0 Å². The van der Waals surface area contributed by atoms with Crippen LogP contribution < -0.4 is 0 Å².